The molecule has 0 heterocycles. The van der Waals surface area contributed by atoms with Gasteiger partial charge in [-0.25, -0.2) is 0 Å². The highest BCUT2D eigenvalue weighted by Gasteiger charge is 2.12. The molecule has 0 bridgehead atoms. The van der Waals surface area contributed by atoms with Crippen molar-refractivity contribution in [1.29, 1.82) is 0 Å². The molecule has 0 spiro atoms. The molecule has 94 valence electrons. The zero-order valence-corrected chi connectivity index (χ0v) is 10.8. The summed E-state index contributed by atoms with van der Waals surface area (Å²) in [4.78, 5) is 10.3. The van der Waals surface area contributed by atoms with Crippen molar-refractivity contribution in [2.75, 3.05) is 23.9 Å². The fourth-order valence-electron chi connectivity index (χ4n) is 1.51. The fourth-order valence-corrected chi connectivity index (χ4v) is 2.06. The molecule has 1 aromatic carbocycles. The standard InChI is InChI=1S/C11H16N2O3S/c1-9-10(12-7-4-8-17(2)16)5-3-6-11(9)13(14)15/h3,5-6,12H,4,7-8H2,1-2H3. The maximum absolute atomic E-state index is 10.9. The SMILES string of the molecule is Cc1c(NCCCS(C)=O)cccc1[N+](=O)[O-]. The third kappa shape index (κ3) is 4.14. The quantitative estimate of drug-likeness (QED) is 0.480. The first-order valence-electron chi connectivity index (χ1n) is 5.30. The van der Waals surface area contributed by atoms with Gasteiger partial charge in [-0.3, -0.25) is 14.3 Å². The summed E-state index contributed by atoms with van der Waals surface area (Å²) in [6.45, 7) is 2.39. The van der Waals surface area contributed by atoms with Gasteiger partial charge in [0.05, 0.1) is 4.92 Å². The van der Waals surface area contributed by atoms with E-state index in [0.29, 0.717) is 17.9 Å². The summed E-state index contributed by atoms with van der Waals surface area (Å²) in [6, 6.07) is 4.96. The second-order valence-electron chi connectivity index (χ2n) is 3.76. The van der Waals surface area contributed by atoms with Crippen LogP contribution >= 0.6 is 0 Å². The first-order chi connectivity index (χ1) is 8.02. The van der Waals surface area contributed by atoms with Gasteiger partial charge in [-0.15, -0.1) is 0 Å². The third-order valence-electron chi connectivity index (χ3n) is 2.43. The predicted molar refractivity (Wildman–Crippen MR) is 69.9 cm³/mol. The Morgan fingerprint density at radius 1 is 1.47 bits per heavy atom. The molecule has 0 saturated carbocycles. The number of nitro groups is 1. The van der Waals surface area contributed by atoms with E-state index in [2.05, 4.69) is 5.32 Å². The van der Waals surface area contributed by atoms with Gasteiger partial charge in [0.2, 0.25) is 0 Å². The van der Waals surface area contributed by atoms with Crippen LogP contribution in [0.25, 0.3) is 0 Å². The van der Waals surface area contributed by atoms with E-state index in [1.54, 1.807) is 19.2 Å². The molecular weight excluding hydrogens is 240 g/mol. The second-order valence-corrected chi connectivity index (χ2v) is 5.32. The molecule has 17 heavy (non-hydrogen) atoms. The van der Waals surface area contributed by atoms with Crippen LogP contribution in [0.5, 0.6) is 0 Å². The van der Waals surface area contributed by atoms with Gasteiger partial charge >= 0.3 is 0 Å². The minimum Gasteiger partial charge on any atom is -0.385 e. The van der Waals surface area contributed by atoms with E-state index >= 15 is 0 Å². The Kier molecular flexibility index (Phi) is 5.09. The van der Waals surface area contributed by atoms with Crippen molar-refractivity contribution < 1.29 is 9.13 Å². The second kappa shape index (κ2) is 6.34. The highest BCUT2D eigenvalue weighted by Crippen LogP contribution is 2.24. The van der Waals surface area contributed by atoms with Crippen molar-refractivity contribution in [2.24, 2.45) is 0 Å². The smallest absolute Gasteiger partial charge is 0.274 e. The minimum absolute atomic E-state index is 0.120. The van der Waals surface area contributed by atoms with E-state index in [0.717, 1.165) is 12.1 Å². The van der Waals surface area contributed by atoms with Crippen molar-refractivity contribution in [2.45, 2.75) is 13.3 Å². The Hall–Kier alpha value is -1.43. The number of nitro benzene ring substituents is 1. The van der Waals surface area contributed by atoms with Crippen LogP contribution in [0.1, 0.15) is 12.0 Å². The average molecular weight is 256 g/mol. The molecule has 1 atom stereocenters. The van der Waals surface area contributed by atoms with E-state index in [9.17, 15) is 14.3 Å². The van der Waals surface area contributed by atoms with Crippen LogP contribution in [0.2, 0.25) is 0 Å². The van der Waals surface area contributed by atoms with Gasteiger partial charge in [-0.1, -0.05) is 6.07 Å². The summed E-state index contributed by atoms with van der Waals surface area (Å²) in [5.41, 5.74) is 1.52. The Bertz CT molecular complexity index is 435. The normalized spacial score (nSPS) is 12.1. The van der Waals surface area contributed by atoms with E-state index in [4.69, 9.17) is 0 Å². The third-order valence-corrected chi connectivity index (χ3v) is 3.29. The first-order valence-corrected chi connectivity index (χ1v) is 7.03. The lowest BCUT2D eigenvalue weighted by Gasteiger charge is -2.08. The van der Waals surface area contributed by atoms with Gasteiger partial charge in [0.1, 0.15) is 0 Å². The molecule has 0 aromatic heterocycles. The minimum atomic E-state index is -0.789. The largest absolute Gasteiger partial charge is 0.385 e. The van der Waals surface area contributed by atoms with Crippen LogP contribution in [0.4, 0.5) is 11.4 Å². The molecule has 0 aliphatic carbocycles. The number of hydrogen-bond acceptors (Lipinski definition) is 4. The van der Waals surface area contributed by atoms with E-state index in [-0.39, 0.29) is 10.6 Å². The van der Waals surface area contributed by atoms with Gasteiger partial charge in [-0.2, -0.15) is 0 Å². The molecule has 1 rings (SSSR count). The highest BCUT2D eigenvalue weighted by atomic mass is 32.2. The van der Waals surface area contributed by atoms with Crippen molar-refractivity contribution in [1.82, 2.24) is 0 Å². The van der Waals surface area contributed by atoms with Gasteiger partial charge < -0.3 is 5.32 Å². The van der Waals surface area contributed by atoms with Crippen LogP contribution in [0.15, 0.2) is 18.2 Å². The van der Waals surface area contributed by atoms with Crippen molar-refractivity contribution in [3.05, 3.63) is 33.9 Å². The summed E-state index contributed by atoms with van der Waals surface area (Å²) < 4.78 is 10.9. The molecule has 0 radical (unpaired) electrons. The van der Waals surface area contributed by atoms with Gasteiger partial charge in [0.15, 0.2) is 0 Å². The number of hydrogen-bond donors (Lipinski definition) is 1. The average Bonchev–Trinajstić information content (AvgIpc) is 2.25. The first kappa shape index (κ1) is 13.6. The molecular formula is C11H16N2O3S. The fraction of sp³-hybridized carbons (Fsp3) is 0.455. The number of rotatable bonds is 6. The molecule has 0 amide bonds. The molecule has 0 aliphatic rings. The molecule has 0 fully saturated rings. The van der Waals surface area contributed by atoms with Crippen LogP contribution in [0, 0.1) is 17.0 Å². The molecule has 6 heteroatoms. The zero-order valence-electron chi connectivity index (χ0n) is 9.93. The van der Waals surface area contributed by atoms with E-state index < -0.39 is 10.8 Å². The lowest BCUT2D eigenvalue weighted by molar-refractivity contribution is -0.385. The molecule has 0 saturated heterocycles. The van der Waals surface area contributed by atoms with Gasteiger partial charge in [-0.05, 0) is 19.4 Å². The Morgan fingerprint density at radius 3 is 2.76 bits per heavy atom. The Labute approximate surface area is 103 Å². The Balaban J connectivity index is 2.62. The monoisotopic (exact) mass is 256 g/mol. The molecule has 5 nitrogen and oxygen atoms in total. The number of anilines is 1. The van der Waals surface area contributed by atoms with Gasteiger partial charge in [0, 0.05) is 46.7 Å². The molecule has 1 unspecified atom stereocenters. The summed E-state index contributed by atoms with van der Waals surface area (Å²) in [5.74, 6) is 0.640. The van der Waals surface area contributed by atoms with Crippen molar-refractivity contribution >= 4 is 22.2 Å². The van der Waals surface area contributed by atoms with Crippen LogP contribution in [-0.2, 0) is 10.8 Å². The lowest BCUT2D eigenvalue weighted by Crippen LogP contribution is -2.07. The maximum Gasteiger partial charge on any atom is 0.274 e. The van der Waals surface area contributed by atoms with Crippen LogP contribution in [-0.4, -0.2) is 27.7 Å². The van der Waals surface area contributed by atoms with Crippen LogP contribution < -0.4 is 5.32 Å². The van der Waals surface area contributed by atoms with E-state index in [1.165, 1.54) is 6.07 Å². The van der Waals surface area contributed by atoms with E-state index in [1.807, 2.05) is 6.07 Å². The summed E-state index contributed by atoms with van der Waals surface area (Å²) in [5, 5.41) is 13.9. The topological polar surface area (TPSA) is 72.2 Å². The highest BCUT2D eigenvalue weighted by molar-refractivity contribution is 7.84. The summed E-state index contributed by atoms with van der Waals surface area (Å²) in [7, 11) is -0.789. The molecule has 1 aromatic rings. The maximum atomic E-state index is 10.9. The van der Waals surface area contributed by atoms with Crippen molar-refractivity contribution in [3.8, 4) is 0 Å². The van der Waals surface area contributed by atoms with Crippen LogP contribution in [0.3, 0.4) is 0 Å². The number of nitrogens with one attached hydrogen (secondary N) is 1. The predicted octanol–water partition coefficient (Wildman–Crippen LogP) is 2.08. The lowest BCUT2D eigenvalue weighted by atomic mass is 10.1. The molecule has 0 aliphatic heterocycles. The van der Waals surface area contributed by atoms with Crippen molar-refractivity contribution in [3.63, 3.8) is 0 Å². The Morgan fingerprint density at radius 2 is 2.18 bits per heavy atom. The number of nitrogens with zero attached hydrogens (tertiary/aromatic N) is 1. The molecule has 1 N–H and O–H groups in total. The zero-order chi connectivity index (χ0) is 12.8. The number of benzene rings is 1. The summed E-state index contributed by atoms with van der Waals surface area (Å²) in [6.07, 6.45) is 2.45. The summed E-state index contributed by atoms with van der Waals surface area (Å²) >= 11 is 0. The van der Waals surface area contributed by atoms with Gasteiger partial charge in [0.25, 0.3) is 5.69 Å².